The number of rotatable bonds is 5. The maximum absolute atomic E-state index is 12.6. The molecule has 1 atom stereocenters. The Kier molecular flexibility index (Phi) is 5.13. The molecule has 0 radical (unpaired) electrons. The van der Waals surface area contributed by atoms with Gasteiger partial charge in [-0.15, -0.1) is 0 Å². The van der Waals surface area contributed by atoms with Gasteiger partial charge in [0, 0.05) is 30.9 Å². The number of amides is 1. The van der Waals surface area contributed by atoms with E-state index >= 15 is 0 Å². The van der Waals surface area contributed by atoms with Gasteiger partial charge in [0.15, 0.2) is 0 Å². The summed E-state index contributed by atoms with van der Waals surface area (Å²) < 4.78 is 1.89. The van der Waals surface area contributed by atoms with E-state index in [0.717, 1.165) is 31.5 Å². The fourth-order valence-corrected chi connectivity index (χ4v) is 4.06. The van der Waals surface area contributed by atoms with Crippen molar-refractivity contribution in [3.8, 4) is 0 Å². The number of hydrogen-bond acceptors (Lipinski definition) is 4. The summed E-state index contributed by atoms with van der Waals surface area (Å²) in [5.41, 5.74) is 2.29. The van der Waals surface area contributed by atoms with Crippen LogP contribution in [0.2, 0.25) is 0 Å². The molecule has 0 bridgehead atoms. The lowest BCUT2D eigenvalue weighted by molar-refractivity contribution is -0.133. The number of aliphatic hydroxyl groups excluding tert-OH is 1. The van der Waals surface area contributed by atoms with Gasteiger partial charge in [-0.3, -0.25) is 9.48 Å². The number of piperidine rings is 1. The van der Waals surface area contributed by atoms with E-state index in [9.17, 15) is 4.79 Å². The molecule has 1 N–H and O–H groups in total. The summed E-state index contributed by atoms with van der Waals surface area (Å²) in [4.78, 5) is 14.6. The van der Waals surface area contributed by atoms with Crippen LogP contribution in [0.1, 0.15) is 42.9 Å². The molecule has 1 aliphatic heterocycles. The van der Waals surface area contributed by atoms with E-state index < -0.39 is 0 Å². The minimum absolute atomic E-state index is 0.0577. The average Bonchev–Trinajstić information content (AvgIpc) is 3.26. The number of aliphatic hydroxyl groups is 1. The largest absolute Gasteiger partial charge is 0.394 e. The molecule has 6 heteroatoms. The van der Waals surface area contributed by atoms with Crippen molar-refractivity contribution < 1.29 is 9.90 Å². The highest BCUT2D eigenvalue weighted by molar-refractivity contribution is 7.08. The lowest BCUT2D eigenvalue weighted by atomic mass is 9.92. The summed E-state index contributed by atoms with van der Waals surface area (Å²) in [6.45, 7) is 4.22. The highest BCUT2D eigenvalue weighted by Gasteiger charge is 2.28. The highest BCUT2D eigenvalue weighted by Crippen LogP contribution is 2.30. The first-order valence-electron chi connectivity index (χ1n) is 8.14. The van der Waals surface area contributed by atoms with Gasteiger partial charge in [-0.1, -0.05) is 0 Å². The van der Waals surface area contributed by atoms with Crippen molar-refractivity contribution in [3.63, 3.8) is 0 Å². The second kappa shape index (κ2) is 7.27. The molecule has 0 aliphatic carbocycles. The van der Waals surface area contributed by atoms with Crippen LogP contribution in [0.15, 0.2) is 29.1 Å². The maximum Gasteiger partial charge on any atom is 0.229 e. The lowest BCUT2D eigenvalue weighted by Gasteiger charge is -2.33. The van der Waals surface area contributed by atoms with Crippen LogP contribution in [0.4, 0.5) is 0 Å². The molecule has 23 heavy (non-hydrogen) atoms. The molecule has 2 aromatic heterocycles. The summed E-state index contributed by atoms with van der Waals surface area (Å²) in [7, 11) is 0. The molecule has 1 unspecified atom stereocenters. The number of nitrogens with zero attached hydrogens (tertiary/aromatic N) is 3. The number of carbonyl (C=O) groups excluding carboxylic acids is 1. The zero-order chi connectivity index (χ0) is 16.2. The van der Waals surface area contributed by atoms with Crippen LogP contribution in [0.5, 0.6) is 0 Å². The molecule has 124 valence electrons. The topological polar surface area (TPSA) is 58.4 Å². The molecule has 3 rings (SSSR count). The SMILES string of the molecule is CC(C(=O)N1CCC(c2ccnn2CCO)CC1)c1ccsc1. The van der Waals surface area contributed by atoms with Crippen LogP contribution in [-0.4, -0.2) is 45.4 Å². The quantitative estimate of drug-likeness (QED) is 0.914. The molecule has 0 saturated carbocycles. The Morgan fingerprint density at radius 3 is 2.87 bits per heavy atom. The van der Waals surface area contributed by atoms with Crippen LogP contribution in [0.25, 0.3) is 0 Å². The fourth-order valence-electron chi connectivity index (χ4n) is 3.30. The maximum atomic E-state index is 12.6. The summed E-state index contributed by atoms with van der Waals surface area (Å²) in [5.74, 6) is 0.591. The molecular weight excluding hydrogens is 310 g/mol. The monoisotopic (exact) mass is 333 g/mol. The van der Waals surface area contributed by atoms with Gasteiger partial charge in [0.05, 0.1) is 19.1 Å². The summed E-state index contributed by atoms with van der Waals surface area (Å²) in [5, 5.41) is 17.5. The van der Waals surface area contributed by atoms with Crippen molar-refractivity contribution in [2.75, 3.05) is 19.7 Å². The minimum atomic E-state index is -0.0577. The van der Waals surface area contributed by atoms with Gasteiger partial charge < -0.3 is 10.0 Å². The molecule has 0 spiro atoms. The van der Waals surface area contributed by atoms with Crippen molar-refractivity contribution in [2.24, 2.45) is 0 Å². The zero-order valence-electron chi connectivity index (χ0n) is 13.4. The van der Waals surface area contributed by atoms with E-state index in [1.807, 2.05) is 34.0 Å². The van der Waals surface area contributed by atoms with Crippen LogP contribution in [0.3, 0.4) is 0 Å². The van der Waals surface area contributed by atoms with Crippen molar-refractivity contribution in [2.45, 2.75) is 38.1 Å². The first-order chi connectivity index (χ1) is 11.2. The van der Waals surface area contributed by atoms with Crippen molar-refractivity contribution in [3.05, 3.63) is 40.3 Å². The molecule has 2 aromatic rings. The van der Waals surface area contributed by atoms with Crippen LogP contribution >= 0.6 is 11.3 Å². The predicted molar refractivity (Wildman–Crippen MR) is 90.6 cm³/mol. The van der Waals surface area contributed by atoms with Crippen LogP contribution < -0.4 is 0 Å². The Morgan fingerprint density at radius 1 is 1.43 bits per heavy atom. The van der Waals surface area contributed by atoms with Gasteiger partial charge in [-0.2, -0.15) is 16.4 Å². The number of aromatic nitrogens is 2. The van der Waals surface area contributed by atoms with Gasteiger partial charge in [0.2, 0.25) is 5.91 Å². The standard InChI is InChI=1S/C17H23N3O2S/c1-13(15-5-11-23-12-15)17(22)19-7-3-14(4-8-19)16-2-6-18-20(16)9-10-21/h2,5-6,11-14,21H,3-4,7-10H2,1H3. The Labute approximate surface area is 140 Å². The van der Waals surface area contributed by atoms with E-state index in [1.165, 1.54) is 5.69 Å². The normalized spacial score (nSPS) is 17.4. The molecule has 0 aromatic carbocycles. The van der Waals surface area contributed by atoms with Crippen LogP contribution in [0, 0.1) is 0 Å². The third-order valence-corrected chi connectivity index (χ3v) is 5.40. The van der Waals surface area contributed by atoms with Gasteiger partial charge in [-0.05, 0) is 48.2 Å². The van der Waals surface area contributed by atoms with E-state index in [-0.39, 0.29) is 18.4 Å². The lowest BCUT2D eigenvalue weighted by Crippen LogP contribution is -2.40. The first-order valence-corrected chi connectivity index (χ1v) is 9.08. The predicted octanol–water partition coefficient (Wildman–Crippen LogP) is 2.45. The zero-order valence-corrected chi connectivity index (χ0v) is 14.2. The average molecular weight is 333 g/mol. The molecule has 1 amide bonds. The van der Waals surface area contributed by atoms with E-state index in [1.54, 1.807) is 17.5 Å². The van der Waals surface area contributed by atoms with Gasteiger partial charge in [0.1, 0.15) is 0 Å². The van der Waals surface area contributed by atoms with Crippen molar-refractivity contribution in [1.82, 2.24) is 14.7 Å². The molecule has 1 saturated heterocycles. The number of hydrogen-bond donors (Lipinski definition) is 1. The van der Waals surface area contributed by atoms with E-state index in [0.29, 0.717) is 12.5 Å². The molecule has 1 aliphatic rings. The Balaban J connectivity index is 1.60. The third-order valence-electron chi connectivity index (χ3n) is 4.70. The van der Waals surface area contributed by atoms with E-state index in [2.05, 4.69) is 10.5 Å². The second-order valence-corrected chi connectivity index (χ2v) is 6.86. The summed E-state index contributed by atoms with van der Waals surface area (Å²) in [6.07, 6.45) is 3.71. The van der Waals surface area contributed by atoms with Crippen molar-refractivity contribution in [1.29, 1.82) is 0 Å². The van der Waals surface area contributed by atoms with E-state index in [4.69, 9.17) is 5.11 Å². The Bertz CT molecular complexity index is 630. The smallest absolute Gasteiger partial charge is 0.229 e. The molecule has 1 fully saturated rings. The highest BCUT2D eigenvalue weighted by atomic mass is 32.1. The third kappa shape index (κ3) is 3.48. The number of likely N-dealkylation sites (tertiary alicyclic amines) is 1. The van der Waals surface area contributed by atoms with Gasteiger partial charge in [0.25, 0.3) is 0 Å². The summed E-state index contributed by atoms with van der Waals surface area (Å²) >= 11 is 1.64. The number of carbonyl (C=O) groups is 1. The molecule has 5 nitrogen and oxygen atoms in total. The first kappa shape index (κ1) is 16.2. The number of thiophene rings is 1. The molecular formula is C17H23N3O2S. The Hall–Kier alpha value is -1.66. The van der Waals surface area contributed by atoms with Gasteiger partial charge >= 0.3 is 0 Å². The van der Waals surface area contributed by atoms with Gasteiger partial charge in [-0.25, -0.2) is 0 Å². The molecule has 3 heterocycles. The summed E-state index contributed by atoms with van der Waals surface area (Å²) in [6, 6.07) is 4.07. The Morgan fingerprint density at radius 2 is 2.22 bits per heavy atom. The minimum Gasteiger partial charge on any atom is -0.394 e. The fraction of sp³-hybridized carbons (Fsp3) is 0.529. The second-order valence-electron chi connectivity index (χ2n) is 6.08. The van der Waals surface area contributed by atoms with Crippen molar-refractivity contribution >= 4 is 17.2 Å². The van der Waals surface area contributed by atoms with Crippen LogP contribution in [-0.2, 0) is 11.3 Å².